The minimum atomic E-state index is 0.370. The molecule has 0 aliphatic heterocycles. The van der Waals surface area contributed by atoms with Crippen LogP contribution < -0.4 is 5.32 Å². The van der Waals surface area contributed by atoms with Gasteiger partial charge >= 0.3 is 0 Å². The molecule has 1 aliphatic rings. The number of aromatic nitrogens is 2. The highest BCUT2D eigenvalue weighted by Gasteiger charge is 2.34. The van der Waals surface area contributed by atoms with Gasteiger partial charge < -0.3 is 5.32 Å². The summed E-state index contributed by atoms with van der Waals surface area (Å²) < 4.78 is 2.21. The molecule has 1 aromatic rings. The van der Waals surface area contributed by atoms with Gasteiger partial charge in [0.15, 0.2) is 0 Å². The van der Waals surface area contributed by atoms with E-state index in [-0.39, 0.29) is 0 Å². The molecule has 0 fully saturated rings. The fourth-order valence-corrected chi connectivity index (χ4v) is 2.86. The topological polar surface area (TPSA) is 29.9 Å². The number of rotatable bonds is 3. The van der Waals surface area contributed by atoms with Crippen LogP contribution in [0.15, 0.2) is 6.20 Å². The third-order valence-electron chi connectivity index (χ3n) is 3.65. The molecule has 0 radical (unpaired) electrons. The first kappa shape index (κ1) is 12.6. The van der Waals surface area contributed by atoms with Crippen LogP contribution in [0, 0.1) is 11.3 Å². The van der Waals surface area contributed by atoms with Gasteiger partial charge in [0.05, 0.1) is 6.20 Å². The second kappa shape index (κ2) is 4.45. The third kappa shape index (κ3) is 2.54. The van der Waals surface area contributed by atoms with Gasteiger partial charge in [-0.05, 0) is 31.2 Å². The number of fused-ring (bicyclic) bond motifs is 1. The summed E-state index contributed by atoms with van der Waals surface area (Å²) in [6, 6.07) is 0.467. The van der Waals surface area contributed by atoms with Gasteiger partial charge in [0, 0.05) is 23.8 Å². The van der Waals surface area contributed by atoms with Crippen molar-refractivity contribution in [3.63, 3.8) is 0 Å². The lowest BCUT2D eigenvalue weighted by molar-refractivity contribution is 0.255. The molecule has 0 bridgehead atoms. The van der Waals surface area contributed by atoms with Gasteiger partial charge in [0.1, 0.15) is 0 Å². The molecule has 0 spiro atoms. The van der Waals surface area contributed by atoms with Crippen molar-refractivity contribution in [2.24, 2.45) is 11.3 Å². The van der Waals surface area contributed by atoms with Crippen molar-refractivity contribution in [1.29, 1.82) is 0 Å². The monoisotopic (exact) mass is 235 g/mol. The Kier molecular flexibility index (Phi) is 3.30. The molecule has 1 unspecified atom stereocenters. The number of nitrogens with zero attached hydrogens (tertiary/aromatic N) is 2. The molecule has 0 amide bonds. The lowest BCUT2D eigenvalue weighted by Gasteiger charge is -2.35. The highest BCUT2D eigenvalue weighted by molar-refractivity contribution is 5.27. The van der Waals surface area contributed by atoms with E-state index < -0.39 is 0 Å². The Labute approximate surface area is 105 Å². The van der Waals surface area contributed by atoms with E-state index in [9.17, 15) is 0 Å². The van der Waals surface area contributed by atoms with Crippen LogP contribution in [0.2, 0.25) is 0 Å². The second-order valence-electron chi connectivity index (χ2n) is 6.51. The zero-order valence-corrected chi connectivity index (χ0v) is 11.7. The van der Waals surface area contributed by atoms with Crippen molar-refractivity contribution in [3.8, 4) is 0 Å². The van der Waals surface area contributed by atoms with E-state index in [4.69, 9.17) is 0 Å². The van der Waals surface area contributed by atoms with Crippen LogP contribution in [0.4, 0.5) is 0 Å². The van der Waals surface area contributed by atoms with E-state index >= 15 is 0 Å². The molecule has 3 nitrogen and oxygen atoms in total. The van der Waals surface area contributed by atoms with Gasteiger partial charge in [-0.15, -0.1) is 0 Å². The van der Waals surface area contributed by atoms with Crippen molar-refractivity contribution in [2.45, 2.75) is 53.1 Å². The first-order chi connectivity index (χ1) is 7.93. The maximum atomic E-state index is 4.58. The number of nitrogens with one attached hydrogen (secondary N) is 1. The largest absolute Gasteiger partial charge is 0.313 e. The smallest absolute Gasteiger partial charge is 0.0540 e. The van der Waals surface area contributed by atoms with Crippen molar-refractivity contribution in [3.05, 3.63) is 17.5 Å². The Balaban J connectivity index is 2.34. The fourth-order valence-electron chi connectivity index (χ4n) is 2.86. The van der Waals surface area contributed by atoms with E-state index in [1.807, 2.05) is 0 Å². The van der Waals surface area contributed by atoms with Gasteiger partial charge in [-0.2, -0.15) is 5.10 Å². The van der Waals surface area contributed by atoms with Crippen LogP contribution in [0.1, 0.15) is 51.4 Å². The molecule has 17 heavy (non-hydrogen) atoms. The Morgan fingerprint density at radius 2 is 2.24 bits per heavy atom. The van der Waals surface area contributed by atoms with Gasteiger partial charge in [-0.3, -0.25) is 4.68 Å². The Morgan fingerprint density at radius 3 is 2.82 bits per heavy atom. The van der Waals surface area contributed by atoms with E-state index in [1.165, 1.54) is 17.7 Å². The summed E-state index contributed by atoms with van der Waals surface area (Å²) in [5.41, 5.74) is 3.22. The molecule has 1 heterocycles. The predicted molar refractivity (Wildman–Crippen MR) is 71.0 cm³/mol. The predicted octanol–water partition coefficient (Wildman–Crippen LogP) is 2.77. The van der Waals surface area contributed by atoms with E-state index in [0.29, 0.717) is 17.4 Å². The molecule has 96 valence electrons. The van der Waals surface area contributed by atoms with E-state index in [2.05, 4.69) is 56.0 Å². The van der Waals surface area contributed by atoms with Crippen LogP contribution >= 0.6 is 0 Å². The van der Waals surface area contributed by atoms with Crippen molar-refractivity contribution in [2.75, 3.05) is 7.05 Å². The van der Waals surface area contributed by atoms with Crippen LogP contribution in [-0.4, -0.2) is 16.8 Å². The highest BCUT2D eigenvalue weighted by Crippen LogP contribution is 2.40. The first-order valence-corrected chi connectivity index (χ1v) is 6.65. The van der Waals surface area contributed by atoms with E-state index in [1.54, 1.807) is 0 Å². The van der Waals surface area contributed by atoms with Crippen molar-refractivity contribution in [1.82, 2.24) is 15.1 Å². The molecule has 3 heteroatoms. The fraction of sp³-hybridized carbons (Fsp3) is 0.786. The molecule has 0 saturated carbocycles. The molecule has 2 rings (SSSR count). The maximum absolute atomic E-state index is 4.58. The Morgan fingerprint density at radius 1 is 1.53 bits per heavy atom. The van der Waals surface area contributed by atoms with Gasteiger partial charge in [0.2, 0.25) is 0 Å². The van der Waals surface area contributed by atoms with Gasteiger partial charge in [-0.25, -0.2) is 0 Å². The lowest BCUT2D eigenvalue weighted by Crippen LogP contribution is -2.32. The third-order valence-corrected chi connectivity index (χ3v) is 3.65. The normalized spacial score (nSPS) is 22.8. The van der Waals surface area contributed by atoms with Crippen LogP contribution in [0.3, 0.4) is 0 Å². The van der Waals surface area contributed by atoms with Crippen molar-refractivity contribution >= 4 is 0 Å². The SMILES string of the molecule is CNC1CC(C)(C)Cc2c1cnn2CC(C)C. The molecule has 1 aliphatic carbocycles. The molecule has 1 aromatic heterocycles. The minimum absolute atomic E-state index is 0.370. The quantitative estimate of drug-likeness (QED) is 0.873. The van der Waals surface area contributed by atoms with Gasteiger partial charge in [-0.1, -0.05) is 27.7 Å². The summed E-state index contributed by atoms with van der Waals surface area (Å²) >= 11 is 0. The zero-order chi connectivity index (χ0) is 12.6. The molecular formula is C14H25N3. The van der Waals surface area contributed by atoms with Crippen LogP contribution in [0.25, 0.3) is 0 Å². The van der Waals surface area contributed by atoms with Crippen molar-refractivity contribution < 1.29 is 0 Å². The molecular weight excluding hydrogens is 210 g/mol. The van der Waals surface area contributed by atoms with Crippen LogP contribution in [-0.2, 0) is 13.0 Å². The second-order valence-corrected chi connectivity index (χ2v) is 6.51. The summed E-state index contributed by atoms with van der Waals surface area (Å²) in [5, 5.41) is 8.01. The highest BCUT2D eigenvalue weighted by atomic mass is 15.3. The average molecular weight is 235 g/mol. The summed E-state index contributed by atoms with van der Waals surface area (Å²) in [4.78, 5) is 0. The van der Waals surface area contributed by atoms with E-state index in [0.717, 1.165) is 13.0 Å². The average Bonchev–Trinajstić information content (AvgIpc) is 2.58. The summed E-state index contributed by atoms with van der Waals surface area (Å²) in [7, 11) is 2.05. The zero-order valence-electron chi connectivity index (χ0n) is 11.7. The Bertz CT molecular complexity index is 390. The summed E-state index contributed by atoms with van der Waals surface area (Å²) in [6.07, 6.45) is 4.41. The molecule has 0 saturated heterocycles. The summed E-state index contributed by atoms with van der Waals surface area (Å²) in [6.45, 7) is 10.2. The summed E-state index contributed by atoms with van der Waals surface area (Å²) in [5.74, 6) is 0.650. The maximum Gasteiger partial charge on any atom is 0.0540 e. The standard InChI is InChI=1S/C14H25N3/c1-10(2)9-17-13-7-14(3,4)6-12(15-5)11(13)8-16-17/h8,10,12,15H,6-7,9H2,1-5H3. The van der Waals surface area contributed by atoms with Crippen LogP contribution in [0.5, 0.6) is 0 Å². The Hall–Kier alpha value is -0.830. The first-order valence-electron chi connectivity index (χ1n) is 6.65. The van der Waals surface area contributed by atoms with Gasteiger partial charge in [0.25, 0.3) is 0 Å². The number of hydrogen-bond donors (Lipinski definition) is 1. The molecule has 0 aromatic carbocycles. The molecule has 1 atom stereocenters. The lowest BCUT2D eigenvalue weighted by atomic mass is 9.74. The number of hydrogen-bond acceptors (Lipinski definition) is 2. The minimum Gasteiger partial charge on any atom is -0.313 e. The molecule has 1 N–H and O–H groups in total.